The predicted molar refractivity (Wildman–Crippen MR) is 141 cm³/mol. The SMILES string of the molecule is CC.CC(C)OC(N)=O.CNS(=O)c1cc(-c2ncco2)ccc1-c1cnc(C2CCCCC2)s1. The Bertz CT molecular complexity index is 1060. The van der Waals surface area contributed by atoms with Crippen molar-refractivity contribution in [2.45, 2.75) is 76.7 Å². The van der Waals surface area contributed by atoms with Crippen LogP contribution >= 0.6 is 11.3 Å². The van der Waals surface area contributed by atoms with E-state index in [0.717, 1.165) is 20.9 Å². The normalized spacial score (nSPS) is 14.3. The average Bonchev–Trinajstić information content (AvgIpc) is 3.57. The number of thiazole rings is 1. The number of nitrogens with one attached hydrogen (secondary N) is 1. The molecule has 0 spiro atoms. The highest BCUT2D eigenvalue weighted by Gasteiger charge is 2.21. The van der Waals surface area contributed by atoms with Gasteiger partial charge in [0, 0.05) is 23.2 Å². The number of hydrogen-bond acceptors (Lipinski definition) is 7. The average molecular weight is 521 g/mol. The van der Waals surface area contributed by atoms with Crippen LogP contribution in [0, 0.1) is 0 Å². The topological polar surface area (TPSA) is 120 Å². The number of nitrogens with two attached hydrogens (primary N) is 1. The molecule has 192 valence electrons. The van der Waals surface area contributed by atoms with Crippen molar-refractivity contribution in [3.8, 4) is 21.9 Å². The molecule has 1 aliphatic rings. The Morgan fingerprint density at radius 1 is 1.23 bits per heavy atom. The fourth-order valence-corrected chi connectivity index (χ4v) is 5.69. The van der Waals surface area contributed by atoms with Gasteiger partial charge in [0.2, 0.25) is 5.89 Å². The second-order valence-corrected chi connectivity index (χ2v) is 10.4. The van der Waals surface area contributed by atoms with Crippen molar-refractivity contribution in [2.24, 2.45) is 5.73 Å². The summed E-state index contributed by atoms with van der Waals surface area (Å²) >= 11 is 1.73. The zero-order chi connectivity index (χ0) is 25.8. The fraction of sp³-hybridized carbons (Fsp3) is 0.480. The van der Waals surface area contributed by atoms with E-state index in [2.05, 4.69) is 25.2 Å². The number of carbonyl (C=O) groups is 1. The van der Waals surface area contributed by atoms with Crippen molar-refractivity contribution in [1.82, 2.24) is 14.7 Å². The van der Waals surface area contributed by atoms with Crippen molar-refractivity contribution in [2.75, 3.05) is 7.05 Å². The number of nitrogens with zero attached hydrogens (tertiary/aromatic N) is 2. The zero-order valence-electron chi connectivity index (χ0n) is 21.1. The number of rotatable bonds is 6. The monoisotopic (exact) mass is 520 g/mol. The molecule has 3 aromatic rings. The molecule has 4 rings (SSSR count). The molecule has 1 saturated carbocycles. The maximum atomic E-state index is 12.6. The van der Waals surface area contributed by atoms with E-state index in [9.17, 15) is 9.00 Å². The Hall–Kier alpha value is -2.56. The summed E-state index contributed by atoms with van der Waals surface area (Å²) in [6.07, 6.45) is 10.6. The molecular weight excluding hydrogens is 484 g/mol. The van der Waals surface area contributed by atoms with Gasteiger partial charge < -0.3 is 14.9 Å². The Kier molecular flexibility index (Phi) is 12.1. The van der Waals surface area contributed by atoms with E-state index in [1.54, 1.807) is 38.4 Å². The second kappa shape index (κ2) is 14.8. The number of primary amides is 1. The number of amides is 1. The summed E-state index contributed by atoms with van der Waals surface area (Å²) in [6.45, 7) is 7.48. The summed E-state index contributed by atoms with van der Waals surface area (Å²) in [5.74, 6) is 1.10. The largest absolute Gasteiger partial charge is 0.447 e. The molecule has 0 bridgehead atoms. The van der Waals surface area contributed by atoms with Crippen LogP contribution in [0.15, 0.2) is 46.2 Å². The quantitative estimate of drug-likeness (QED) is 0.395. The zero-order valence-corrected chi connectivity index (χ0v) is 22.7. The molecule has 1 unspecified atom stereocenters. The van der Waals surface area contributed by atoms with Crippen LogP contribution in [0.4, 0.5) is 4.79 Å². The highest BCUT2D eigenvalue weighted by molar-refractivity contribution is 7.83. The molecule has 1 aromatic carbocycles. The number of carbonyl (C=O) groups excluding carboxylic acids is 1. The first-order valence-corrected chi connectivity index (χ1v) is 13.9. The summed E-state index contributed by atoms with van der Waals surface area (Å²) in [5, 5.41) is 1.21. The van der Waals surface area contributed by atoms with Gasteiger partial charge in [-0.2, -0.15) is 0 Å². The van der Waals surface area contributed by atoms with Crippen LogP contribution in [0.25, 0.3) is 21.9 Å². The minimum absolute atomic E-state index is 0.0995. The van der Waals surface area contributed by atoms with Crippen LogP contribution in [0.2, 0.25) is 0 Å². The molecule has 3 N–H and O–H groups in total. The number of oxazole rings is 1. The van der Waals surface area contributed by atoms with E-state index in [0.29, 0.717) is 11.8 Å². The van der Waals surface area contributed by atoms with E-state index < -0.39 is 17.1 Å². The molecule has 2 aromatic heterocycles. The van der Waals surface area contributed by atoms with E-state index in [1.165, 1.54) is 43.4 Å². The van der Waals surface area contributed by atoms with E-state index in [-0.39, 0.29) is 6.10 Å². The molecule has 0 aliphatic heterocycles. The van der Waals surface area contributed by atoms with E-state index >= 15 is 0 Å². The van der Waals surface area contributed by atoms with Crippen LogP contribution in [0.1, 0.15) is 70.7 Å². The third kappa shape index (κ3) is 8.55. The summed E-state index contributed by atoms with van der Waals surface area (Å²) in [5.41, 5.74) is 6.40. The van der Waals surface area contributed by atoms with Crippen LogP contribution in [0.3, 0.4) is 0 Å². The van der Waals surface area contributed by atoms with Gasteiger partial charge in [-0.15, -0.1) is 11.3 Å². The lowest BCUT2D eigenvalue weighted by Crippen LogP contribution is -2.17. The predicted octanol–water partition coefficient (Wildman–Crippen LogP) is 6.27. The second-order valence-electron chi connectivity index (χ2n) is 7.90. The lowest BCUT2D eigenvalue weighted by atomic mass is 9.90. The maximum Gasteiger partial charge on any atom is 0.404 e. The van der Waals surface area contributed by atoms with Gasteiger partial charge in [-0.1, -0.05) is 39.2 Å². The minimum atomic E-state index is -1.31. The molecule has 1 aliphatic carbocycles. The minimum Gasteiger partial charge on any atom is -0.447 e. The first-order valence-electron chi connectivity index (χ1n) is 11.9. The molecule has 1 fully saturated rings. The lowest BCUT2D eigenvalue weighted by molar-refractivity contribution is 0.125. The Morgan fingerprint density at radius 2 is 1.94 bits per heavy atom. The maximum absolute atomic E-state index is 12.6. The summed E-state index contributed by atoms with van der Waals surface area (Å²) in [4.78, 5) is 20.5. The summed E-state index contributed by atoms with van der Waals surface area (Å²) < 4.78 is 25.2. The van der Waals surface area contributed by atoms with Crippen molar-refractivity contribution in [3.05, 3.63) is 41.9 Å². The molecule has 0 radical (unpaired) electrons. The van der Waals surface area contributed by atoms with Crippen molar-refractivity contribution in [3.63, 3.8) is 0 Å². The van der Waals surface area contributed by atoms with Gasteiger partial charge in [0.05, 0.1) is 27.1 Å². The van der Waals surface area contributed by atoms with Gasteiger partial charge in [-0.05, 0) is 45.9 Å². The van der Waals surface area contributed by atoms with E-state index in [4.69, 9.17) is 4.42 Å². The molecule has 1 atom stereocenters. The lowest BCUT2D eigenvalue weighted by Gasteiger charge is -2.18. The van der Waals surface area contributed by atoms with Crippen molar-refractivity contribution >= 4 is 28.4 Å². The first kappa shape index (κ1) is 28.7. The Morgan fingerprint density at radius 3 is 2.49 bits per heavy atom. The van der Waals surface area contributed by atoms with Crippen LogP contribution in [0.5, 0.6) is 0 Å². The van der Waals surface area contributed by atoms with Crippen LogP contribution in [-0.4, -0.2) is 33.4 Å². The van der Waals surface area contributed by atoms with Crippen molar-refractivity contribution in [1.29, 1.82) is 0 Å². The molecule has 2 heterocycles. The fourth-order valence-electron chi connectivity index (χ4n) is 3.67. The number of aromatic nitrogens is 2. The van der Waals surface area contributed by atoms with Crippen LogP contribution in [-0.2, 0) is 15.7 Å². The molecule has 0 saturated heterocycles. The van der Waals surface area contributed by atoms with Gasteiger partial charge in [-0.25, -0.2) is 23.7 Å². The van der Waals surface area contributed by atoms with Crippen molar-refractivity contribution < 1.29 is 18.2 Å². The first-order chi connectivity index (χ1) is 16.9. The molecule has 8 nitrogen and oxygen atoms in total. The number of ether oxygens (including phenoxy) is 1. The van der Waals surface area contributed by atoms with Gasteiger partial charge in [0.1, 0.15) is 17.2 Å². The van der Waals surface area contributed by atoms with E-state index in [1.807, 2.05) is 38.2 Å². The van der Waals surface area contributed by atoms with Crippen LogP contribution < -0.4 is 10.5 Å². The third-order valence-corrected chi connectivity index (χ3v) is 7.44. The highest BCUT2D eigenvalue weighted by atomic mass is 32.2. The van der Waals surface area contributed by atoms with Gasteiger partial charge in [0.15, 0.2) is 0 Å². The van der Waals surface area contributed by atoms with Gasteiger partial charge in [0.25, 0.3) is 0 Å². The number of hydrogen-bond donors (Lipinski definition) is 2. The third-order valence-electron chi connectivity index (χ3n) is 5.14. The standard InChI is InChI=1S/C19H21N3O2S2.C4H9NO2.C2H6/c1-20-26(23)17-11-14(18-21-9-10-24-18)7-8-15(17)16-12-22-19(25-16)13-5-3-2-4-6-13;1-3(2)7-4(5)6;1-2/h7-13,20H,2-6H2,1H3;3H,1-2H3,(H2,5,6);1-2H3. The molecule has 35 heavy (non-hydrogen) atoms. The smallest absolute Gasteiger partial charge is 0.404 e. The van der Waals surface area contributed by atoms with Gasteiger partial charge in [-0.3, -0.25) is 0 Å². The molecule has 10 heteroatoms. The number of benzene rings is 1. The molecular formula is C25H36N4O4S2. The summed E-state index contributed by atoms with van der Waals surface area (Å²) in [6, 6.07) is 5.83. The van der Waals surface area contributed by atoms with Gasteiger partial charge >= 0.3 is 6.09 Å². The Labute approximate surface area is 214 Å². The molecule has 1 amide bonds. The Balaban J connectivity index is 0.000000416. The highest BCUT2D eigenvalue weighted by Crippen LogP contribution is 2.39. The summed E-state index contributed by atoms with van der Waals surface area (Å²) in [7, 11) is 0.382.